The van der Waals surface area contributed by atoms with E-state index in [0.717, 1.165) is 71.4 Å². The van der Waals surface area contributed by atoms with Gasteiger partial charge in [0, 0.05) is 38.3 Å². The minimum Gasteiger partial charge on any atom is -0.379 e. The second kappa shape index (κ2) is 8.38. The Morgan fingerprint density at radius 2 is 1.90 bits per heavy atom. The normalized spacial score (nSPS) is 32.9. The highest BCUT2D eigenvalue weighted by atomic mass is 19.1. The summed E-state index contributed by atoms with van der Waals surface area (Å²) in [7, 11) is 0. The standard InChI is InChI=1S/C22H32FN5O2/c23-17-13-24-21(25-14-17)28-7-5-16-12-19(27-8-10-30-11-9-27)4-6-22(16,15-28)20(29)26-18-2-1-3-18/h13-14,16,18-19H,1-12,15H2,(H,26,29)/t16-,19+,22-/m1/s1. The fourth-order valence-corrected chi connectivity index (χ4v) is 5.80. The Hall–Kier alpha value is -1.80. The van der Waals surface area contributed by atoms with Gasteiger partial charge in [0.25, 0.3) is 0 Å². The molecule has 4 fully saturated rings. The van der Waals surface area contributed by atoms with E-state index in [1.54, 1.807) is 0 Å². The van der Waals surface area contributed by atoms with E-state index in [2.05, 4.69) is 25.1 Å². The van der Waals surface area contributed by atoms with Crippen LogP contribution in [0.3, 0.4) is 0 Å². The number of rotatable bonds is 4. The van der Waals surface area contributed by atoms with Gasteiger partial charge in [-0.2, -0.15) is 0 Å². The van der Waals surface area contributed by atoms with E-state index in [1.165, 1.54) is 18.8 Å². The zero-order chi connectivity index (χ0) is 20.6. The molecule has 8 heteroatoms. The summed E-state index contributed by atoms with van der Waals surface area (Å²) in [5, 5.41) is 3.35. The van der Waals surface area contributed by atoms with Gasteiger partial charge in [0.15, 0.2) is 5.82 Å². The van der Waals surface area contributed by atoms with E-state index >= 15 is 0 Å². The van der Waals surface area contributed by atoms with Gasteiger partial charge < -0.3 is 15.0 Å². The zero-order valence-electron chi connectivity index (χ0n) is 17.6. The summed E-state index contributed by atoms with van der Waals surface area (Å²) in [6.45, 7) is 5.04. The molecule has 1 aromatic heterocycles. The van der Waals surface area contributed by atoms with E-state index in [0.29, 0.717) is 30.5 Å². The molecule has 3 heterocycles. The Morgan fingerprint density at radius 1 is 1.13 bits per heavy atom. The summed E-state index contributed by atoms with van der Waals surface area (Å²) in [5.74, 6) is 0.665. The molecule has 2 aliphatic carbocycles. The first-order valence-corrected chi connectivity index (χ1v) is 11.5. The molecular weight excluding hydrogens is 385 g/mol. The summed E-state index contributed by atoms with van der Waals surface area (Å²) in [4.78, 5) is 26.6. The van der Waals surface area contributed by atoms with Crippen molar-refractivity contribution in [2.45, 2.75) is 57.0 Å². The molecule has 0 unspecified atom stereocenters. The van der Waals surface area contributed by atoms with Crippen LogP contribution in [0, 0.1) is 17.2 Å². The summed E-state index contributed by atoms with van der Waals surface area (Å²) in [6, 6.07) is 0.874. The lowest BCUT2D eigenvalue weighted by Crippen LogP contribution is -2.62. The lowest BCUT2D eigenvalue weighted by Gasteiger charge is -2.53. The fraction of sp³-hybridized carbons (Fsp3) is 0.773. The van der Waals surface area contributed by atoms with Gasteiger partial charge in [0.1, 0.15) is 0 Å². The molecule has 5 rings (SSSR count). The van der Waals surface area contributed by atoms with Gasteiger partial charge in [0.2, 0.25) is 11.9 Å². The van der Waals surface area contributed by atoms with Crippen LogP contribution in [0.1, 0.15) is 44.9 Å². The molecule has 2 aliphatic heterocycles. The van der Waals surface area contributed by atoms with Crippen LogP contribution < -0.4 is 10.2 Å². The lowest BCUT2D eigenvalue weighted by atomic mass is 9.60. The summed E-state index contributed by atoms with van der Waals surface area (Å²) in [6.07, 6.45) is 9.74. The van der Waals surface area contributed by atoms with Crippen LogP contribution in [0.25, 0.3) is 0 Å². The predicted octanol–water partition coefficient (Wildman–Crippen LogP) is 1.98. The number of nitrogens with zero attached hydrogens (tertiary/aromatic N) is 4. The number of carbonyl (C=O) groups is 1. The monoisotopic (exact) mass is 417 g/mol. The van der Waals surface area contributed by atoms with Crippen molar-refractivity contribution in [3.05, 3.63) is 18.2 Å². The maximum absolute atomic E-state index is 13.6. The molecule has 1 amide bonds. The molecule has 2 saturated carbocycles. The molecule has 0 spiro atoms. The van der Waals surface area contributed by atoms with Gasteiger partial charge in [-0.25, -0.2) is 14.4 Å². The highest BCUT2D eigenvalue weighted by Crippen LogP contribution is 2.48. The van der Waals surface area contributed by atoms with Crippen LogP contribution in [0.4, 0.5) is 10.3 Å². The van der Waals surface area contributed by atoms with Crippen molar-refractivity contribution in [2.24, 2.45) is 11.3 Å². The van der Waals surface area contributed by atoms with Gasteiger partial charge in [-0.05, 0) is 50.9 Å². The number of amides is 1. The Balaban J connectivity index is 1.36. The molecule has 0 radical (unpaired) electrons. The Bertz CT molecular complexity index is 752. The van der Waals surface area contributed by atoms with Crippen LogP contribution in [0.2, 0.25) is 0 Å². The summed E-state index contributed by atoms with van der Waals surface area (Å²) in [5.41, 5.74) is -0.408. The SMILES string of the molecule is O=C(NC1CCC1)[C@@]12CC[C@H](N3CCOCC3)C[C@H]1CCN(c1ncc(F)cn1)C2. The molecule has 7 nitrogen and oxygen atoms in total. The maximum Gasteiger partial charge on any atom is 0.228 e. The molecule has 164 valence electrons. The second-order valence-electron chi connectivity index (χ2n) is 9.44. The van der Waals surface area contributed by atoms with Crippen LogP contribution in [-0.2, 0) is 9.53 Å². The number of anilines is 1. The molecule has 1 aromatic rings. The average molecular weight is 418 g/mol. The number of halogens is 1. The first-order chi connectivity index (χ1) is 14.6. The predicted molar refractivity (Wildman–Crippen MR) is 111 cm³/mol. The smallest absolute Gasteiger partial charge is 0.228 e. The molecule has 0 aromatic carbocycles. The number of ether oxygens (including phenoxy) is 1. The number of piperidine rings is 1. The summed E-state index contributed by atoms with van der Waals surface area (Å²) < 4.78 is 18.8. The van der Waals surface area contributed by atoms with Crippen LogP contribution in [0.5, 0.6) is 0 Å². The molecule has 2 saturated heterocycles. The third-order valence-corrected chi connectivity index (χ3v) is 7.83. The number of morpholine rings is 1. The van der Waals surface area contributed by atoms with E-state index in [4.69, 9.17) is 4.74 Å². The van der Waals surface area contributed by atoms with Crippen molar-refractivity contribution in [1.82, 2.24) is 20.2 Å². The van der Waals surface area contributed by atoms with E-state index in [9.17, 15) is 9.18 Å². The van der Waals surface area contributed by atoms with Gasteiger partial charge in [-0.3, -0.25) is 9.69 Å². The number of hydrogen-bond donors (Lipinski definition) is 1. The number of carbonyl (C=O) groups excluding carboxylic acids is 1. The highest BCUT2D eigenvalue weighted by molar-refractivity contribution is 5.84. The number of fused-ring (bicyclic) bond motifs is 1. The van der Waals surface area contributed by atoms with Crippen molar-refractivity contribution >= 4 is 11.9 Å². The van der Waals surface area contributed by atoms with Crippen LogP contribution in [-0.4, -0.2) is 72.3 Å². The van der Waals surface area contributed by atoms with Crippen molar-refractivity contribution in [2.75, 3.05) is 44.3 Å². The van der Waals surface area contributed by atoms with Gasteiger partial charge in [-0.15, -0.1) is 0 Å². The quantitative estimate of drug-likeness (QED) is 0.808. The topological polar surface area (TPSA) is 70.6 Å². The highest BCUT2D eigenvalue weighted by Gasteiger charge is 2.53. The molecule has 1 N–H and O–H groups in total. The van der Waals surface area contributed by atoms with Crippen LogP contribution in [0.15, 0.2) is 12.4 Å². The van der Waals surface area contributed by atoms with E-state index < -0.39 is 11.2 Å². The molecule has 0 bridgehead atoms. The Labute approximate surface area is 177 Å². The Morgan fingerprint density at radius 3 is 2.60 bits per heavy atom. The van der Waals surface area contributed by atoms with Gasteiger partial charge in [-0.1, -0.05) is 0 Å². The minimum absolute atomic E-state index is 0.212. The third kappa shape index (κ3) is 3.80. The third-order valence-electron chi connectivity index (χ3n) is 7.83. The van der Waals surface area contributed by atoms with Crippen molar-refractivity contribution in [1.29, 1.82) is 0 Å². The summed E-state index contributed by atoms with van der Waals surface area (Å²) >= 11 is 0. The van der Waals surface area contributed by atoms with Crippen LogP contribution >= 0.6 is 0 Å². The number of nitrogens with one attached hydrogen (secondary N) is 1. The second-order valence-corrected chi connectivity index (χ2v) is 9.44. The number of hydrogen-bond acceptors (Lipinski definition) is 6. The molecule has 3 atom stereocenters. The van der Waals surface area contributed by atoms with Gasteiger partial charge >= 0.3 is 0 Å². The molecule has 4 aliphatic rings. The van der Waals surface area contributed by atoms with Gasteiger partial charge in [0.05, 0.1) is 31.0 Å². The molecular formula is C22H32FN5O2. The van der Waals surface area contributed by atoms with E-state index in [-0.39, 0.29) is 5.91 Å². The first-order valence-electron chi connectivity index (χ1n) is 11.5. The first kappa shape index (κ1) is 20.1. The Kier molecular flexibility index (Phi) is 5.62. The minimum atomic E-state index is -0.433. The number of aromatic nitrogens is 2. The molecule has 30 heavy (non-hydrogen) atoms. The largest absolute Gasteiger partial charge is 0.379 e. The zero-order valence-corrected chi connectivity index (χ0v) is 17.6. The average Bonchev–Trinajstić information content (AvgIpc) is 2.76. The fourth-order valence-electron chi connectivity index (χ4n) is 5.80. The van der Waals surface area contributed by atoms with Crippen molar-refractivity contribution < 1.29 is 13.9 Å². The lowest BCUT2D eigenvalue weighted by molar-refractivity contribution is -0.140. The maximum atomic E-state index is 13.6. The van der Waals surface area contributed by atoms with Crippen molar-refractivity contribution in [3.63, 3.8) is 0 Å². The van der Waals surface area contributed by atoms with Crippen molar-refractivity contribution in [3.8, 4) is 0 Å². The van der Waals surface area contributed by atoms with E-state index in [1.807, 2.05) is 0 Å².